The van der Waals surface area contributed by atoms with E-state index in [9.17, 15) is 13.0 Å². The van der Waals surface area contributed by atoms with Crippen molar-refractivity contribution in [2.45, 2.75) is 34.2 Å². The summed E-state index contributed by atoms with van der Waals surface area (Å²) in [6, 6.07) is 10.8. The Morgan fingerprint density at radius 2 is 1.35 bits per heavy atom. The van der Waals surface area contributed by atoms with Gasteiger partial charge >= 0.3 is 0 Å². The van der Waals surface area contributed by atoms with Gasteiger partial charge in [0.2, 0.25) is 0 Å². The van der Waals surface area contributed by atoms with Gasteiger partial charge in [0.25, 0.3) is 0 Å². The second-order valence-corrected chi connectivity index (χ2v) is 6.47. The Morgan fingerprint density at radius 3 is 1.65 bits per heavy atom. The highest BCUT2D eigenvalue weighted by Gasteiger charge is 2.20. The standard InChI is InChI=1S/C13H22N.C2H6O3S/c1-4-14(5-2,6-3)12-13-10-8-7-9-11-13;1-2-6(3,4)5/h7-11H,4-6,12H2,1-3H3;2H2,1H3,(H,3,4,5)/q+1;/p-1. The molecule has 0 fully saturated rings. The molecule has 0 heterocycles. The minimum absolute atomic E-state index is 0.312. The van der Waals surface area contributed by atoms with Crippen LogP contribution < -0.4 is 0 Å². The summed E-state index contributed by atoms with van der Waals surface area (Å²) in [5.74, 6) is -0.312. The molecule has 0 radical (unpaired) electrons. The summed E-state index contributed by atoms with van der Waals surface area (Å²) < 4.78 is 29.5. The van der Waals surface area contributed by atoms with E-state index in [2.05, 4.69) is 51.1 Å². The third kappa shape index (κ3) is 7.62. The molecule has 20 heavy (non-hydrogen) atoms. The smallest absolute Gasteiger partial charge is 0.104 e. The topological polar surface area (TPSA) is 57.2 Å². The van der Waals surface area contributed by atoms with Crippen molar-refractivity contribution in [2.75, 3.05) is 25.4 Å². The molecule has 4 nitrogen and oxygen atoms in total. The van der Waals surface area contributed by atoms with Gasteiger partial charge in [-0.3, -0.25) is 0 Å². The summed E-state index contributed by atoms with van der Waals surface area (Å²) in [6.07, 6.45) is 0. The van der Waals surface area contributed by atoms with Gasteiger partial charge < -0.3 is 9.04 Å². The Kier molecular flexibility index (Phi) is 8.69. The largest absolute Gasteiger partial charge is 0.748 e. The van der Waals surface area contributed by atoms with Crippen molar-refractivity contribution >= 4 is 10.1 Å². The van der Waals surface area contributed by atoms with Crippen LogP contribution in [0.5, 0.6) is 0 Å². The average molecular weight is 301 g/mol. The molecule has 0 bridgehead atoms. The van der Waals surface area contributed by atoms with Crippen LogP contribution in [0.25, 0.3) is 0 Å². The lowest BCUT2D eigenvalue weighted by Crippen LogP contribution is -2.46. The number of hydrogen-bond acceptors (Lipinski definition) is 3. The SMILES string of the molecule is CCS(=O)(=O)[O-].CC[N+](CC)(CC)Cc1ccccc1. The van der Waals surface area contributed by atoms with Gasteiger partial charge in [0, 0.05) is 11.3 Å². The fourth-order valence-corrected chi connectivity index (χ4v) is 1.98. The fourth-order valence-electron chi connectivity index (χ4n) is 1.98. The zero-order chi connectivity index (χ0) is 15.6. The van der Waals surface area contributed by atoms with Crippen molar-refractivity contribution in [1.82, 2.24) is 0 Å². The van der Waals surface area contributed by atoms with Crippen LogP contribution in [0.15, 0.2) is 30.3 Å². The van der Waals surface area contributed by atoms with E-state index in [1.54, 1.807) is 0 Å². The summed E-state index contributed by atoms with van der Waals surface area (Å²) in [4.78, 5) is 0. The lowest BCUT2D eigenvalue weighted by molar-refractivity contribution is -0.936. The second kappa shape index (κ2) is 9.10. The Hall–Kier alpha value is -0.910. The maximum absolute atomic E-state index is 9.44. The monoisotopic (exact) mass is 301 g/mol. The zero-order valence-electron chi connectivity index (χ0n) is 13.0. The molecule has 116 valence electrons. The predicted molar refractivity (Wildman–Crippen MR) is 82.3 cm³/mol. The van der Waals surface area contributed by atoms with Crippen LogP contribution in [0.4, 0.5) is 0 Å². The summed E-state index contributed by atoms with van der Waals surface area (Å²) in [5, 5.41) is 0. The molecule has 0 amide bonds. The minimum atomic E-state index is -3.91. The van der Waals surface area contributed by atoms with Gasteiger partial charge in [0.15, 0.2) is 0 Å². The van der Waals surface area contributed by atoms with Crippen LogP contribution in [-0.4, -0.2) is 42.8 Å². The molecule has 1 aromatic carbocycles. The van der Waals surface area contributed by atoms with Crippen molar-refractivity contribution < 1.29 is 17.5 Å². The van der Waals surface area contributed by atoms with Gasteiger partial charge in [-0.05, 0) is 20.8 Å². The summed E-state index contributed by atoms with van der Waals surface area (Å²) in [5.41, 5.74) is 1.46. The first-order valence-corrected chi connectivity index (χ1v) is 8.72. The van der Waals surface area contributed by atoms with E-state index in [0.717, 1.165) is 0 Å². The minimum Gasteiger partial charge on any atom is -0.748 e. The lowest BCUT2D eigenvalue weighted by Gasteiger charge is -2.35. The fraction of sp³-hybridized carbons (Fsp3) is 0.600. The average Bonchev–Trinajstić information content (AvgIpc) is 2.46. The van der Waals surface area contributed by atoms with E-state index < -0.39 is 10.1 Å². The maximum Gasteiger partial charge on any atom is 0.104 e. The van der Waals surface area contributed by atoms with Gasteiger partial charge in [-0.2, -0.15) is 0 Å². The molecule has 0 saturated heterocycles. The van der Waals surface area contributed by atoms with E-state index in [-0.39, 0.29) is 5.75 Å². The molecule has 5 heteroatoms. The highest BCUT2D eigenvalue weighted by atomic mass is 32.2. The molecule has 1 aromatic rings. The summed E-state index contributed by atoms with van der Waals surface area (Å²) in [6.45, 7) is 13.0. The Labute approximate surface area is 123 Å². The molecule has 0 spiro atoms. The van der Waals surface area contributed by atoms with E-state index in [0.29, 0.717) is 0 Å². The van der Waals surface area contributed by atoms with Crippen molar-refractivity contribution in [3.63, 3.8) is 0 Å². The molecule has 0 aliphatic carbocycles. The number of hydrogen-bond donors (Lipinski definition) is 0. The molecule has 0 saturated carbocycles. The molecular weight excluding hydrogens is 274 g/mol. The molecule has 0 N–H and O–H groups in total. The van der Waals surface area contributed by atoms with Crippen molar-refractivity contribution in [3.05, 3.63) is 35.9 Å². The predicted octanol–water partition coefficient (Wildman–Crippen LogP) is 2.61. The molecule has 0 unspecified atom stereocenters. The first kappa shape index (κ1) is 19.1. The van der Waals surface area contributed by atoms with Crippen LogP contribution in [0, 0.1) is 0 Å². The summed E-state index contributed by atoms with van der Waals surface area (Å²) in [7, 11) is -3.91. The van der Waals surface area contributed by atoms with E-state index in [4.69, 9.17) is 0 Å². The van der Waals surface area contributed by atoms with Gasteiger partial charge in [0.1, 0.15) is 6.54 Å². The maximum atomic E-state index is 9.44. The third-order valence-electron chi connectivity index (χ3n) is 3.73. The first-order chi connectivity index (χ1) is 9.32. The zero-order valence-corrected chi connectivity index (χ0v) is 13.8. The lowest BCUT2D eigenvalue weighted by atomic mass is 10.2. The highest BCUT2D eigenvalue weighted by Crippen LogP contribution is 2.13. The molecule has 0 aromatic heterocycles. The summed E-state index contributed by atoms with van der Waals surface area (Å²) >= 11 is 0. The molecule has 1 rings (SSSR count). The van der Waals surface area contributed by atoms with Crippen LogP contribution in [-0.2, 0) is 16.7 Å². The van der Waals surface area contributed by atoms with Gasteiger partial charge in [-0.25, -0.2) is 8.42 Å². The van der Waals surface area contributed by atoms with E-state index in [1.165, 1.54) is 43.1 Å². The van der Waals surface area contributed by atoms with Crippen LogP contribution in [0.2, 0.25) is 0 Å². The quantitative estimate of drug-likeness (QED) is 0.599. The third-order valence-corrected chi connectivity index (χ3v) is 4.43. The molecular formula is C15H27NO3S. The van der Waals surface area contributed by atoms with Crippen LogP contribution in [0.1, 0.15) is 33.3 Å². The van der Waals surface area contributed by atoms with Gasteiger partial charge in [-0.15, -0.1) is 0 Å². The Bertz CT molecular complexity index is 445. The second-order valence-electron chi connectivity index (χ2n) is 4.78. The first-order valence-electron chi connectivity index (χ1n) is 7.15. The van der Waals surface area contributed by atoms with Crippen LogP contribution in [0.3, 0.4) is 0 Å². The Balaban J connectivity index is 0.000000511. The highest BCUT2D eigenvalue weighted by molar-refractivity contribution is 7.85. The number of quaternary nitrogens is 1. The Morgan fingerprint density at radius 1 is 0.950 bits per heavy atom. The van der Waals surface area contributed by atoms with E-state index in [1.807, 2.05) is 0 Å². The molecule has 0 aliphatic rings. The molecule has 0 aliphatic heterocycles. The number of benzene rings is 1. The number of nitrogens with zero attached hydrogens (tertiary/aromatic N) is 1. The molecule has 0 atom stereocenters. The van der Waals surface area contributed by atoms with Crippen LogP contribution >= 0.6 is 0 Å². The van der Waals surface area contributed by atoms with E-state index >= 15 is 0 Å². The van der Waals surface area contributed by atoms with Gasteiger partial charge in [0.05, 0.1) is 29.8 Å². The normalized spacial score (nSPS) is 11.7. The van der Waals surface area contributed by atoms with Crippen molar-refractivity contribution in [1.29, 1.82) is 0 Å². The number of rotatable bonds is 6. The van der Waals surface area contributed by atoms with Gasteiger partial charge in [-0.1, -0.05) is 37.3 Å². The van der Waals surface area contributed by atoms with Crippen molar-refractivity contribution in [2.24, 2.45) is 0 Å². The van der Waals surface area contributed by atoms with Crippen molar-refractivity contribution in [3.8, 4) is 0 Å².